The van der Waals surface area contributed by atoms with E-state index in [-0.39, 0.29) is 30.6 Å². The van der Waals surface area contributed by atoms with E-state index in [1.807, 2.05) is 102 Å². The van der Waals surface area contributed by atoms with Gasteiger partial charge in [-0.05, 0) is 67.3 Å². The molecule has 2 aliphatic rings. The second-order valence-corrected chi connectivity index (χ2v) is 14.5. The summed E-state index contributed by atoms with van der Waals surface area (Å²) in [6.07, 6.45) is 3.45. The molecule has 12 heteroatoms. The second kappa shape index (κ2) is 14.6. The molecule has 2 saturated heterocycles. The Balaban J connectivity index is 1.21. The molecule has 1 atom stereocenters. The number of fused-ring (bicyclic) bond motifs is 1. The van der Waals surface area contributed by atoms with Crippen LogP contribution in [0.1, 0.15) is 47.4 Å². The normalized spacial score (nSPS) is 15.6. The van der Waals surface area contributed by atoms with Crippen molar-refractivity contribution in [3.05, 3.63) is 124 Å². The van der Waals surface area contributed by atoms with Crippen molar-refractivity contribution in [1.29, 1.82) is 0 Å². The number of imidazole rings is 1. The third-order valence-corrected chi connectivity index (χ3v) is 10.9. The number of nitrogens with zero attached hydrogens (tertiary/aromatic N) is 4. The van der Waals surface area contributed by atoms with Gasteiger partial charge in [-0.25, -0.2) is 9.78 Å². The molecule has 0 saturated carbocycles. The summed E-state index contributed by atoms with van der Waals surface area (Å²) in [5, 5.41) is 18.2. The van der Waals surface area contributed by atoms with Gasteiger partial charge in [0.2, 0.25) is 0 Å². The molecule has 10 nitrogen and oxygen atoms in total. The van der Waals surface area contributed by atoms with Gasteiger partial charge >= 0.3 is 6.03 Å². The van der Waals surface area contributed by atoms with Crippen LogP contribution in [0.3, 0.4) is 0 Å². The maximum Gasteiger partial charge on any atom is 0.317 e. The first kappa shape index (κ1) is 34.8. The van der Waals surface area contributed by atoms with Crippen molar-refractivity contribution in [2.75, 3.05) is 36.4 Å². The number of rotatable bonds is 9. The summed E-state index contributed by atoms with van der Waals surface area (Å²) in [5.41, 5.74) is 7.31. The van der Waals surface area contributed by atoms with Crippen molar-refractivity contribution in [3.8, 4) is 22.5 Å². The van der Waals surface area contributed by atoms with Gasteiger partial charge in [-0.3, -0.25) is 4.79 Å². The van der Waals surface area contributed by atoms with Crippen molar-refractivity contribution < 1.29 is 14.7 Å². The first-order chi connectivity index (χ1) is 25.8. The minimum Gasteiger partial charge on any atom is -0.392 e. The van der Waals surface area contributed by atoms with Crippen molar-refractivity contribution in [3.63, 3.8) is 0 Å². The molecule has 8 rings (SSSR count). The number of aliphatic hydroxyl groups excluding tert-OH is 1. The molecule has 6 aromatic rings. The number of benzene rings is 4. The number of carbonyl (C=O) groups is 2. The third-order valence-electron chi connectivity index (χ3n) is 10.5. The first-order valence-electron chi connectivity index (χ1n) is 17.8. The summed E-state index contributed by atoms with van der Waals surface area (Å²) in [6.45, 7) is 4.75. The highest BCUT2D eigenvalue weighted by Gasteiger charge is 2.32. The fourth-order valence-corrected chi connectivity index (χ4v) is 7.99. The van der Waals surface area contributed by atoms with E-state index in [0.29, 0.717) is 57.7 Å². The van der Waals surface area contributed by atoms with Crippen LogP contribution in [-0.2, 0) is 6.61 Å². The fraction of sp³-hybridized carbons (Fsp3) is 0.244. The number of aromatic nitrogens is 3. The zero-order valence-corrected chi connectivity index (χ0v) is 30.7. The summed E-state index contributed by atoms with van der Waals surface area (Å²) < 4.78 is 2.10. The molecular weight excluding hydrogens is 709 g/mol. The number of hydrogen-bond acceptors (Lipinski definition) is 5. The molecule has 4 aromatic carbocycles. The van der Waals surface area contributed by atoms with Crippen LogP contribution in [0.2, 0.25) is 10.0 Å². The molecule has 1 unspecified atom stereocenters. The van der Waals surface area contributed by atoms with E-state index in [1.54, 1.807) is 0 Å². The van der Waals surface area contributed by atoms with Gasteiger partial charge in [-0.1, -0.05) is 77.8 Å². The Kier molecular flexibility index (Phi) is 9.59. The predicted molar refractivity (Wildman–Crippen MR) is 211 cm³/mol. The Bertz CT molecular complexity index is 2300. The maximum atomic E-state index is 14.8. The monoisotopic (exact) mass is 747 g/mol. The third kappa shape index (κ3) is 6.74. The molecule has 2 aromatic heterocycles. The minimum atomic E-state index is -0.349. The fourth-order valence-electron chi connectivity index (χ4n) is 7.69. The molecule has 4 N–H and O–H groups in total. The van der Waals surface area contributed by atoms with Crippen LogP contribution in [0.5, 0.6) is 0 Å². The van der Waals surface area contributed by atoms with Gasteiger partial charge in [0.15, 0.2) is 0 Å². The highest BCUT2D eigenvalue weighted by atomic mass is 35.5. The second-order valence-electron chi connectivity index (χ2n) is 13.6. The van der Waals surface area contributed by atoms with Crippen LogP contribution < -0.4 is 15.5 Å². The zero-order valence-electron chi connectivity index (χ0n) is 29.2. The number of hydrogen-bond donors (Lipinski definition) is 4. The zero-order chi connectivity index (χ0) is 36.6. The number of nitrogens with one attached hydrogen (secondary N) is 3. The molecule has 0 spiro atoms. The lowest BCUT2D eigenvalue weighted by molar-refractivity contribution is 0.102. The Morgan fingerprint density at radius 3 is 2.43 bits per heavy atom. The Labute approximate surface area is 317 Å². The molecule has 270 valence electrons. The van der Waals surface area contributed by atoms with E-state index in [2.05, 4.69) is 32.0 Å². The van der Waals surface area contributed by atoms with E-state index in [0.717, 1.165) is 53.0 Å². The quantitative estimate of drug-likeness (QED) is 0.119. The van der Waals surface area contributed by atoms with E-state index in [1.165, 1.54) is 0 Å². The predicted octanol–water partition coefficient (Wildman–Crippen LogP) is 8.35. The maximum absolute atomic E-state index is 14.8. The lowest BCUT2D eigenvalue weighted by Crippen LogP contribution is -2.46. The minimum absolute atomic E-state index is 0.00143. The van der Waals surface area contributed by atoms with Crippen molar-refractivity contribution >= 4 is 57.4 Å². The average molecular weight is 749 g/mol. The van der Waals surface area contributed by atoms with Gasteiger partial charge in [-0.2, -0.15) is 0 Å². The Hall–Kier alpha value is -5.29. The number of halogens is 2. The van der Waals surface area contributed by atoms with E-state index < -0.39 is 0 Å². The number of carbonyl (C=O) groups excluding carboxylic acids is 2. The van der Waals surface area contributed by atoms with Gasteiger partial charge < -0.3 is 35.1 Å². The smallest absolute Gasteiger partial charge is 0.317 e. The number of aromatic amines is 1. The van der Waals surface area contributed by atoms with Crippen LogP contribution in [0.4, 0.5) is 16.2 Å². The van der Waals surface area contributed by atoms with Gasteiger partial charge in [0.05, 0.1) is 41.7 Å². The number of aliphatic hydroxyl groups is 1. The van der Waals surface area contributed by atoms with Crippen LogP contribution in [0.25, 0.3) is 33.4 Å². The number of amides is 3. The number of urea groups is 1. The standard InChI is InChI=1S/C41H39Cl2N7O3/c1-25(27-8-10-29(42)11-9-27)50-24-45-37(28-5-3-2-4-6-28)39(50)36-32-13-12-30(43)22-33(32)46-38(36)40(52)47-34-21-26(23-51)7-14-35(34)48-18-15-31(16-19-48)49-20-17-44-41(49)53/h2-14,21-22,24-25,31,46,51H,15-20,23H2,1H3,(H,44,53)(H,47,52). The lowest BCUT2D eigenvalue weighted by Gasteiger charge is -2.38. The molecule has 3 amide bonds. The van der Waals surface area contributed by atoms with E-state index in [4.69, 9.17) is 28.2 Å². The van der Waals surface area contributed by atoms with E-state index in [9.17, 15) is 14.7 Å². The molecular formula is C41H39Cl2N7O3. The van der Waals surface area contributed by atoms with Crippen LogP contribution in [0.15, 0.2) is 97.3 Å². The molecule has 0 aliphatic carbocycles. The van der Waals surface area contributed by atoms with Crippen LogP contribution in [-0.4, -0.2) is 68.7 Å². The van der Waals surface area contributed by atoms with Gasteiger partial charge in [0, 0.05) is 64.3 Å². The largest absolute Gasteiger partial charge is 0.392 e. The number of H-pyrrole nitrogens is 1. The summed E-state index contributed by atoms with van der Waals surface area (Å²) in [6, 6.07) is 28.9. The van der Waals surface area contributed by atoms with Crippen LogP contribution in [0, 0.1) is 0 Å². The number of piperidine rings is 1. The summed E-state index contributed by atoms with van der Waals surface area (Å²) >= 11 is 12.8. The molecule has 2 fully saturated rings. The van der Waals surface area contributed by atoms with Crippen molar-refractivity contribution in [2.45, 2.75) is 38.5 Å². The topological polar surface area (TPSA) is 119 Å². The van der Waals surface area contributed by atoms with Gasteiger partial charge in [-0.15, -0.1) is 0 Å². The SMILES string of the molecule is CC(c1ccc(Cl)cc1)n1cnc(-c2ccccc2)c1-c1c(C(=O)Nc2cc(CO)ccc2N2CCC(N3CCNC3=O)CC2)[nH]c2cc(Cl)ccc12. The first-order valence-corrected chi connectivity index (χ1v) is 18.6. The number of anilines is 2. The summed E-state index contributed by atoms with van der Waals surface area (Å²) in [7, 11) is 0. The molecule has 53 heavy (non-hydrogen) atoms. The summed E-state index contributed by atoms with van der Waals surface area (Å²) in [4.78, 5) is 39.7. The molecule has 0 bridgehead atoms. The van der Waals surface area contributed by atoms with Crippen molar-refractivity contribution in [2.24, 2.45) is 0 Å². The van der Waals surface area contributed by atoms with Gasteiger partial charge in [0.25, 0.3) is 5.91 Å². The molecule has 4 heterocycles. The lowest BCUT2D eigenvalue weighted by atomic mass is 9.99. The van der Waals surface area contributed by atoms with E-state index >= 15 is 0 Å². The molecule has 0 radical (unpaired) electrons. The van der Waals surface area contributed by atoms with Gasteiger partial charge in [0.1, 0.15) is 5.69 Å². The molecule has 2 aliphatic heterocycles. The highest BCUT2D eigenvalue weighted by Crippen LogP contribution is 2.42. The Morgan fingerprint density at radius 2 is 1.72 bits per heavy atom. The Morgan fingerprint density at radius 1 is 0.962 bits per heavy atom. The highest BCUT2D eigenvalue weighted by molar-refractivity contribution is 6.31. The summed E-state index contributed by atoms with van der Waals surface area (Å²) in [5.74, 6) is -0.349. The van der Waals surface area contributed by atoms with Crippen molar-refractivity contribution in [1.82, 2.24) is 24.8 Å². The average Bonchev–Trinajstić information content (AvgIpc) is 3.91. The van der Waals surface area contributed by atoms with Crippen LogP contribution >= 0.6 is 23.2 Å².